The van der Waals surface area contributed by atoms with Gasteiger partial charge in [-0.05, 0) is 31.0 Å². The number of amides is 1. The third-order valence-electron chi connectivity index (χ3n) is 4.79. The number of hydrogen-bond donors (Lipinski definition) is 0. The molecule has 2 aromatic rings. The Balaban J connectivity index is 1.70. The molecule has 0 spiro atoms. The fraction of sp³-hybridized carbons (Fsp3) is 0.300. The molecular formula is C20H20ClNO4S. The molecule has 5 nitrogen and oxygen atoms in total. The Kier molecular flexibility index (Phi) is 5.67. The first kappa shape index (κ1) is 19.6. The summed E-state index contributed by atoms with van der Waals surface area (Å²) in [6, 6.07) is 13.4. The van der Waals surface area contributed by atoms with Crippen LogP contribution in [0.15, 0.2) is 53.4 Å². The topological polar surface area (TPSA) is 71.5 Å². The Morgan fingerprint density at radius 2 is 1.63 bits per heavy atom. The second-order valence-corrected chi connectivity index (χ2v) is 9.11. The minimum absolute atomic E-state index is 0.0517. The average molecular weight is 406 g/mol. The van der Waals surface area contributed by atoms with E-state index in [1.165, 1.54) is 18.2 Å². The maximum atomic E-state index is 12.7. The van der Waals surface area contributed by atoms with Gasteiger partial charge in [0.05, 0.1) is 9.92 Å². The summed E-state index contributed by atoms with van der Waals surface area (Å²) in [5.74, 6) is -0.246. The van der Waals surface area contributed by atoms with Gasteiger partial charge in [0.1, 0.15) is 0 Å². The Hall–Kier alpha value is -2.18. The molecule has 1 fully saturated rings. The monoisotopic (exact) mass is 405 g/mol. The maximum Gasteiger partial charge on any atom is 0.253 e. The summed E-state index contributed by atoms with van der Waals surface area (Å²) in [6.07, 6.45) is 2.24. The predicted octanol–water partition coefficient (Wildman–Crippen LogP) is 3.48. The lowest BCUT2D eigenvalue weighted by Crippen LogP contribution is -2.40. The van der Waals surface area contributed by atoms with Crippen LogP contribution in [0.3, 0.4) is 0 Å². The molecule has 0 aliphatic carbocycles. The minimum Gasteiger partial charge on any atom is -0.339 e. The highest BCUT2D eigenvalue weighted by atomic mass is 35.5. The first-order valence-electron chi connectivity index (χ1n) is 8.65. The van der Waals surface area contributed by atoms with Crippen LogP contribution in [-0.4, -0.2) is 44.4 Å². The standard InChI is InChI=1S/C20H20ClNO4S/c1-27(25,26)18-13-16(7-8-17(18)21)20(24)22-11-9-15(10-12-22)19(23)14-5-3-2-4-6-14/h2-8,13,15H,9-12H2,1H3. The number of carbonyl (C=O) groups is 2. The zero-order chi connectivity index (χ0) is 19.6. The summed E-state index contributed by atoms with van der Waals surface area (Å²) < 4.78 is 23.6. The summed E-state index contributed by atoms with van der Waals surface area (Å²) in [6.45, 7) is 0.915. The van der Waals surface area contributed by atoms with Crippen LogP contribution in [0.25, 0.3) is 0 Å². The number of Topliss-reactive ketones (excluding diaryl/α,β-unsaturated/α-hetero) is 1. The number of ketones is 1. The molecule has 27 heavy (non-hydrogen) atoms. The van der Waals surface area contributed by atoms with Gasteiger partial charge in [-0.2, -0.15) is 0 Å². The van der Waals surface area contributed by atoms with Crippen molar-refractivity contribution >= 4 is 33.1 Å². The van der Waals surface area contributed by atoms with Gasteiger partial charge in [0, 0.05) is 36.4 Å². The lowest BCUT2D eigenvalue weighted by Gasteiger charge is -2.31. The van der Waals surface area contributed by atoms with Crippen molar-refractivity contribution in [3.63, 3.8) is 0 Å². The Labute approximate surface area is 163 Å². The molecule has 2 aromatic carbocycles. The highest BCUT2D eigenvalue weighted by Gasteiger charge is 2.29. The molecule has 0 atom stereocenters. The molecule has 0 saturated carbocycles. The van der Waals surface area contributed by atoms with Gasteiger partial charge in [-0.15, -0.1) is 0 Å². The lowest BCUT2D eigenvalue weighted by molar-refractivity contribution is 0.0650. The summed E-state index contributed by atoms with van der Waals surface area (Å²) in [7, 11) is -3.52. The van der Waals surface area contributed by atoms with E-state index in [-0.39, 0.29) is 33.1 Å². The van der Waals surface area contributed by atoms with Crippen LogP contribution in [0.2, 0.25) is 5.02 Å². The van der Waals surface area contributed by atoms with Crippen molar-refractivity contribution in [1.82, 2.24) is 4.90 Å². The zero-order valence-electron chi connectivity index (χ0n) is 14.9. The van der Waals surface area contributed by atoms with Crippen molar-refractivity contribution in [3.05, 3.63) is 64.7 Å². The number of benzene rings is 2. The van der Waals surface area contributed by atoms with Gasteiger partial charge in [0.15, 0.2) is 15.6 Å². The van der Waals surface area contributed by atoms with E-state index in [4.69, 9.17) is 11.6 Å². The molecule has 0 N–H and O–H groups in total. The lowest BCUT2D eigenvalue weighted by atomic mass is 9.88. The first-order chi connectivity index (χ1) is 12.8. The molecule has 1 amide bonds. The smallest absolute Gasteiger partial charge is 0.253 e. The van der Waals surface area contributed by atoms with Crippen LogP contribution < -0.4 is 0 Å². The van der Waals surface area contributed by atoms with Gasteiger partial charge in [-0.1, -0.05) is 41.9 Å². The highest BCUT2D eigenvalue weighted by Crippen LogP contribution is 2.26. The third-order valence-corrected chi connectivity index (χ3v) is 6.37. The summed E-state index contributed by atoms with van der Waals surface area (Å²) >= 11 is 5.94. The molecular weight excluding hydrogens is 386 g/mol. The molecule has 0 radical (unpaired) electrons. The fourth-order valence-corrected chi connectivity index (χ4v) is 4.59. The van der Waals surface area contributed by atoms with Crippen LogP contribution in [0, 0.1) is 5.92 Å². The summed E-state index contributed by atoms with van der Waals surface area (Å²) in [4.78, 5) is 26.9. The number of rotatable bonds is 4. The van der Waals surface area contributed by atoms with E-state index in [1.807, 2.05) is 18.2 Å². The number of piperidine rings is 1. The van der Waals surface area contributed by atoms with Crippen molar-refractivity contribution in [2.24, 2.45) is 5.92 Å². The SMILES string of the molecule is CS(=O)(=O)c1cc(C(=O)N2CCC(C(=O)c3ccccc3)CC2)ccc1Cl. The van der Waals surface area contributed by atoms with Crippen LogP contribution in [-0.2, 0) is 9.84 Å². The van der Waals surface area contributed by atoms with Crippen molar-refractivity contribution in [2.75, 3.05) is 19.3 Å². The molecule has 1 aliphatic heterocycles. The molecule has 142 valence electrons. The van der Waals surface area contributed by atoms with Crippen molar-refractivity contribution < 1.29 is 18.0 Å². The molecule has 1 aliphatic rings. The first-order valence-corrected chi connectivity index (χ1v) is 10.9. The number of carbonyl (C=O) groups excluding carboxylic acids is 2. The van der Waals surface area contributed by atoms with Crippen LogP contribution in [0.5, 0.6) is 0 Å². The molecule has 7 heteroatoms. The summed E-state index contributed by atoms with van der Waals surface area (Å²) in [5.41, 5.74) is 0.977. The van der Waals surface area contributed by atoms with E-state index in [0.717, 1.165) is 6.26 Å². The second-order valence-electron chi connectivity index (χ2n) is 6.71. The van der Waals surface area contributed by atoms with E-state index < -0.39 is 9.84 Å². The largest absolute Gasteiger partial charge is 0.339 e. The van der Waals surface area contributed by atoms with E-state index in [9.17, 15) is 18.0 Å². The Morgan fingerprint density at radius 3 is 2.22 bits per heavy atom. The van der Waals surface area contributed by atoms with Crippen molar-refractivity contribution in [1.29, 1.82) is 0 Å². The van der Waals surface area contributed by atoms with Crippen LogP contribution >= 0.6 is 11.6 Å². The average Bonchev–Trinajstić information content (AvgIpc) is 2.67. The molecule has 3 rings (SSSR count). The van der Waals surface area contributed by atoms with Gasteiger partial charge in [0.2, 0.25) is 0 Å². The minimum atomic E-state index is -3.52. The van der Waals surface area contributed by atoms with E-state index in [1.54, 1.807) is 17.0 Å². The van der Waals surface area contributed by atoms with Crippen LogP contribution in [0.4, 0.5) is 0 Å². The normalized spacial score (nSPS) is 15.6. The van der Waals surface area contributed by atoms with Gasteiger partial charge in [-0.3, -0.25) is 9.59 Å². The Bertz CT molecular complexity index is 965. The molecule has 0 aromatic heterocycles. The quantitative estimate of drug-likeness (QED) is 0.730. The second kappa shape index (κ2) is 7.82. The number of hydrogen-bond acceptors (Lipinski definition) is 4. The van der Waals surface area contributed by atoms with Crippen molar-refractivity contribution in [2.45, 2.75) is 17.7 Å². The molecule has 1 saturated heterocycles. The molecule has 0 unspecified atom stereocenters. The highest BCUT2D eigenvalue weighted by molar-refractivity contribution is 7.90. The van der Waals surface area contributed by atoms with E-state index >= 15 is 0 Å². The predicted molar refractivity (Wildman–Crippen MR) is 104 cm³/mol. The molecule has 0 bridgehead atoms. The maximum absolute atomic E-state index is 12.7. The van der Waals surface area contributed by atoms with Crippen molar-refractivity contribution in [3.8, 4) is 0 Å². The van der Waals surface area contributed by atoms with Gasteiger partial charge in [0.25, 0.3) is 5.91 Å². The number of sulfone groups is 1. The Morgan fingerprint density at radius 1 is 1.00 bits per heavy atom. The summed E-state index contributed by atoms with van der Waals surface area (Å²) in [5, 5.41) is 0.0983. The zero-order valence-corrected chi connectivity index (χ0v) is 16.5. The molecule has 1 heterocycles. The number of halogens is 1. The fourth-order valence-electron chi connectivity index (χ4n) is 3.29. The number of likely N-dealkylation sites (tertiary alicyclic amines) is 1. The van der Waals surface area contributed by atoms with Gasteiger partial charge >= 0.3 is 0 Å². The van der Waals surface area contributed by atoms with E-state index in [0.29, 0.717) is 31.5 Å². The number of nitrogens with zero attached hydrogens (tertiary/aromatic N) is 1. The van der Waals surface area contributed by atoms with Crippen LogP contribution in [0.1, 0.15) is 33.6 Å². The van der Waals surface area contributed by atoms with Gasteiger partial charge < -0.3 is 4.90 Å². The van der Waals surface area contributed by atoms with E-state index in [2.05, 4.69) is 0 Å². The third kappa shape index (κ3) is 4.39. The van der Waals surface area contributed by atoms with Gasteiger partial charge in [-0.25, -0.2) is 8.42 Å².